The van der Waals surface area contributed by atoms with E-state index in [2.05, 4.69) is 50.4 Å². The number of rotatable bonds is 59. The topological polar surface area (TPSA) is 114 Å². The van der Waals surface area contributed by atoms with Crippen molar-refractivity contribution >= 4 is 19.7 Å². The molecule has 75 heavy (non-hydrogen) atoms. The van der Waals surface area contributed by atoms with E-state index in [9.17, 15) is 19.0 Å². The second-order valence-corrected chi connectivity index (χ2v) is 24.7. The number of likely N-dealkylation sites (N-methyl/N-ethyl adjacent to an activating group) is 1. The van der Waals surface area contributed by atoms with Gasteiger partial charge in [-0.05, 0) is 57.4 Å². The lowest BCUT2D eigenvalue weighted by Crippen LogP contribution is -2.47. The summed E-state index contributed by atoms with van der Waals surface area (Å²) < 4.78 is 30.3. The molecule has 0 saturated heterocycles. The van der Waals surface area contributed by atoms with Crippen LogP contribution in [0.5, 0.6) is 0 Å². The summed E-state index contributed by atoms with van der Waals surface area (Å²) in [6, 6.07) is -0.887. The number of carbonyl (C=O) groups is 2. The van der Waals surface area contributed by atoms with Crippen molar-refractivity contribution in [2.75, 3.05) is 40.9 Å². The van der Waals surface area contributed by atoms with E-state index in [0.29, 0.717) is 17.4 Å². The summed E-state index contributed by atoms with van der Waals surface area (Å²) in [5, 5.41) is 3.04. The van der Waals surface area contributed by atoms with Crippen molar-refractivity contribution < 1.29 is 37.3 Å². The Hall–Kier alpha value is -1.77. The van der Waals surface area contributed by atoms with Gasteiger partial charge in [-0.25, -0.2) is 0 Å². The Morgan fingerprint density at radius 3 is 1.27 bits per heavy atom. The van der Waals surface area contributed by atoms with Gasteiger partial charge in [0.05, 0.1) is 33.8 Å². The van der Waals surface area contributed by atoms with Gasteiger partial charge in [-0.3, -0.25) is 14.2 Å². The maximum atomic E-state index is 13.5. The molecule has 0 aliphatic heterocycles. The van der Waals surface area contributed by atoms with Gasteiger partial charge in [0, 0.05) is 12.8 Å². The molecular formula is C65H125N2O7P. The Balaban J connectivity index is 5.10. The first-order valence-electron chi connectivity index (χ1n) is 32.3. The fraction of sp³-hybridized carbons (Fsp3) is 0.877. The molecule has 0 fully saturated rings. The van der Waals surface area contributed by atoms with E-state index in [4.69, 9.17) is 13.8 Å². The van der Waals surface area contributed by atoms with Crippen molar-refractivity contribution in [2.24, 2.45) is 0 Å². The molecule has 0 aromatic rings. The molecule has 1 N–H and O–H groups in total. The zero-order valence-corrected chi connectivity index (χ0v) is 51.4. The van der Waals surface area contributed by atoms with E-state index in [1.54, 1.807) is 0 Å². The average molecular weight is 1080 g/mol. The fourth-order valence-electron chi connectivity index (χ4n) is 9.62. The first-order valence-corrected chi connectivity index (χ1v) is 33.8. The molecule has 442 valence electrons. The summed E-state index contributed by atoms with van der Waals surface area (Å²) in [7, 11) is 1.19. The molecule has 0 radical (unpaired) electrons. The van der Waals surface area contributed by atoms with Crippen LogP contribution in [0, 0.1) is 0 Å². The molecule has 10 heteroatoms. The lowest BCUT2D eigenvalue weighted by Gasteiger charge is -2.30. The molecule has 1 amide bonds. The molecule has 0 saturated carbocycles. The van der Waals surface area contributed by atoms with E-state index in [0.717, 1.165) is 83.5 Å². The maximum Gasteiger partial charge on any atom is 0.306 e. The van der Waals surface area contributed by atoms with Gasteiger partial charge < -0.3 is 28.5 Å². The van der Waals surface area contributed by atoms with Crippen LogP contribution in [0.2, 0.25) is 0 Å². The van der Waals surface area contributed by atoms with Gasteiger partial charge >= 0.3 is 5.97 Å². The SMILES string of the molecule is CC/C=C/C/C=C/CCCCCCCCCC(=O)OC(/C=C\CCCCCCCCCCCC)C(COP(=O)([O-])OCC[N+](C)(C)C)NC(=O)CCCCCCCCCCCCCCCCCCCCCCCCC. The second kappa shape index (κ2) is 55.5. The van der Waals surface area contributed by atoms with Gasteiger partial charge in [-0.1, -0.05) is 282 Å². The Labute approximate surface area is 466 Å². The van der Waals surface area contributed by atoms with Gasteiger partial charge in [-0.2, -0.15) is 0 Å². The largest absolute Gasteiger partial charge is 0.756 e. The van der Waals surface area contributed by atoms with Gasteiger partial charge in [0.2, 0.25) is 5.91 Å². The molecule has 0 bridgehead atoms. The standard InChI is InChI=1S/C65H125N2O7P/c1-7-10-13-16-19-22-25-28-30-31-32-33-34-35-36-37-38-39-42-45-48-51-54-57-64(68)66-62(61-73-75(70,71)72-60-59-67(4,5)6)63(56-53-50-47-44-41-27-24-21-18-15-12-9-3)74-65(69)58-55-52-49-46-43-40-29-26-23-20-17-14-11-8-2/h11,14,20,23,53,56,62-63H,7-10,12-13,15-19,21-22,24-52,54-55,57-61H2,1-6H3,(H-,66,68,70,71)/b14-11+,23-20+,56-53-. The van der Waals surface area contributed by atoms with Crippen molar-refractivity contribution in [3.05, 3.63) is 36.5 Å². The minimum Gasteiger partial charge on any atom is -0.756 e. The third kappa shape index (κ3) is 56.8. The van der Waals surface area contributed by atoms with Crippen molar-refractivity contribution in [1.82, 2.24) is 5.32 Å². The predicted octanol–water partition coefficient (Wildman–Crippen LogP) is 19.3. The van der Waals surface area contributed by atoms with Crippen molar-refractivity contribution in [2.45, 2.75) is 328 Å². The van der Waals surface area contributed by atoms with Crippen LogP contribution >= 0.6 is 7.82 Å². The third-order valence-electron chi connectivity index (χ3n) is 14.6. The molecule has 0 heterocycles. The first kappa shape index (κ1) is 73.2. The van der Waals surface area contributed by atoms with Crippen molar-refractivity contribution in [1.29, 1.82) is 0 Å². The maximum absolute atomic E-state index is 13.5. The highest BCUT2D eigenvalue weighted by Crippen LogP contribution is 2.38. The summed E-state index contributed by atoms with van der Waals surface area (Å²) in [5.41, 5.74) is 0. The number of phosphoric acid groups is 1. The fourth-order valence-corrected chi connectivity index (χ4v) is 10.3. The summed E-state index contributed by atoms with van der Waals surface area (Å²) in [6.45, 7) is 6.77. The number of phosphoric ester groups is 1. The zero-order chi connectivity index (χ0) is 55.0. The summed E-state index contributed by atoms with van der Waals surface area (Å²) >= 11 is 0. The van der Waals surface area contributed by atoms with Gasteiger partial charge in [-0.15, -0.1) is 0 Å². The molecule has 0 aromatic carbocycles. The van der Waals surface area contributed by atoms with Crippen LogP contribution in [0.1, 0.15) is 316 Å². The molecule has 9 nitrogen and oxygen atoms in total. The van der Waals surface area contributed by atoms with E-state index < -0.39 is 20.0 Å². The van der Waals surface area contributed by atoms with E-state index in [1.807, 2.05) is 33.3 Å². The van der Waals surface area contributed by atoms with Crippen LogP contribution in [0.25, 0.3) is 0 Å². The number of esters is 1. The van der Waals surface area contributed by atoms with E-state index in [-0.39, 0.29) is 31.5 Å². The highest BCUT2D eigenvalue weighted by atomic mass is 31.2. The molecule has 3 atom stereocenters. The quantitative estimate of drug-likeness (QED) is 0.0212. The zero-order valence-electron chi connectivity index (χ0n) is 50.5. The highest BCUT2D eigenvalue weighted by Gasteiger charge is 2.27. The van der Waals surface area contributed by atoms with Crippen LogP contribution in [-0.4, -0.2) is 69.4 Å². The average Bonchev–Trinajstić information content (AvgIpc) is 3.37. The number of unbranched alkanes of at least 4 members (excludes halogenated alkanes) is 39. The molecule has 0 aromatic heterocycles. The van der Waals surface area contributed by atoms with Crippen LogP contribution in [0.15, 0.2) is 36.5 Å². The normalized spacial score (nSPS) is 13.9. The number of allylic oxidation sites excluding steroid dienone is 5. The van der Waals surface area contributed by atoms with Crippen LogP contribution < -0.4 is 10.2 Å². The Kier molecular flexibility index (Phi) is 54.2. The van der Waals surface area contributed by atoms with Crippen LogP contribution in [-0.2, 0) is 27.9 Å². The smallest absolute Gasteiger partial charge is 0.306 e. The number of hydrogen-bond donors (Lipinski definition) is 1. The Bertz CT molecular complexity index is 1380. The van der Waals surface area contributed by atoms with Gasteiger partial charge in [0.15, 0.2) is 0 Å². The number of nitrogens with zero attached hydrogens (tertiary/aromatic N) is 1. The number of amides is 1. The van der Waals surface area contributed by atoms with Crippen molar-refractivity contribution in [3.63, 3.8) is 0 Å². The monoisotopic (exact) mass is 1080 g/mol. The lowest BCUT2D eigenvalue weighted by molar-refractivity contribution is -0.870. The highest BCUT2D eigenvalue weighted by molar-refractivity contribution is 7.45. The van der Waals surface area contributed by atoms with Crippen LogP contribution in [0.4, 0.5) is 0 Å². The van der Waals surface area contributed by atoms with Crippen molar-refractivity contribution in [3.8, 4) is 0 Å². The molecule has 3 unspecified atom stereocenters. The molecule has 0 spiro atoms. The molecular weight excluding hydrogens is 952 g/mol. The summed E-state index contributed by atoms with van der Waals surface area (Å²) in [6.07, 6.45) is 66.9. The Morgan fingerprint density at radius 2 is 0.853 bits per heavy atom. The number of carbonyl (C=O) groups excluding carboxylic acids is 2. The number of hydrogen-bond acceptors (Lipinski definition) is 7. The third-order valence-corrected chi connectivity index (χ3v) is 15.5. The van der Waals surface area contributed by atoms with Crippen LogP contribution in [0.3, 0.4) is 0 Å². The molecule has 0 aliphatic rings. The Morgan fingerprint density at radius 1 is 0.480 bits per heavy atom. The van der Waals surface area contributed by atoms with E-state index >= 15 is 0 Å². The minimum absolute atomic E-state index is 0.0213. The number of nitrogens with one attached hydrogen (secondary N) is 1. The molecule has 0 aliphatic carbocycles. The summed E-state index contributed by atoms with van der Waals surface area (Å²) in [4.78, 5) is 40.0. The summed E-state index contributed by atoms with van der Waals surface area (Å²) in [5.74, 6) is -0.536. The number of ether oxygens (including phenoxy) is 1. The van der Waals surface area contributed by atoms with Gasteiger partial charge in [0.1, 0.15) is 19.3 Å². The lowest BCUT2D eigenvalue weighted by atomic mass is 10.0. The van der Waals surface area contributed by atoms with E-state index in [1.165, 1.54) is 199 Å². The minimum atomic E-state index is -4.70. The van der Waals surface area contributed by atoms with Gasteiger partial charge in [0.25, 0.3) is 7.82 Å². The second-order valence-electron chi connectivity index (χ2n) is 23.2. The number of quaternary nitrogens is 1. The predicted molar refractivity (Wildman–Crippen MR) is 321 cm³/mol. The molecule has 0 rings (SSSR count). The first-order chi connectivity index (χ1) is 36.4.